The van der Waals surface area contributed by atoms with Crippen molar-refractivity contribution in [2.45, 2.75) is 37.9 Å². The summed E-state index contributed by atoms with van der Waals surface area (Å²) in [7, 11) is 0. The van der Waals surface area contributed by atoms with Gasteiger partial charge in [-0.25, -0.2) is 4.79 Å². The van der Waals surface area contributed by atoms with Gasteiger partial charge in [-0.3, -0.25) is 0 Å². The van der Waals surface area contributed by atoms with Gasteiger partial charge in [-0.15, -0.1) is 0 Å². The van der Waals surface area contributed by atoms with Gasteiger partial charge in [0.25, 0.3) is 0 Å². The summed E-state index contributed by atoms with van der Waals surface area (Å²) in [5.74, 6) is -0.277. The molecule has 0 atom stereocenters. The smallest absolute Gasteiger partial charge is 0.338 e. The average Bonchev–Trinajstić information content (AvgIpc) is 2.58. The van der Waals surface area contributed by atoms with Gasteiger partial charge in [0.2, 0.25) is 0 Å². The van der Waals surface area contributed by atoms with Gasteiger partial charge < -0.3 is 9.84 Å². The van der Waals surface area contributed by atoms with Crippen molar-refractivity contribution in [2.75, 3.05) is 0 Å². The molecule has 0 heterocycles. The number of hydrogen-bond acceptors (Lipinski definition) is 3. The van der Waals surface area contributed by atoms with E-state index in [2.05, 4.69) is 0 Å². The molecule has 1 fully saturated rings. The minimum atomic E-state index is -0.277. The zero-order valence-corrected chi connectivity index (χ0v) is 12.4. The number of esters is 1. The fourth-order valence-corrected chi connectivity index (χ4v) is 2.81. The van der Waals surface area contributed by atoms with Crippen molar-refractivity contribution in [1.29, 1.82) is 0 Å². The van der Waals surface area contributed by atoms with Gasteiger partial charge in [0, 0.05) is 0 Å². The van der Waals surface area contributed by atoms with Crippen LogP contribution in [-0.2, 0) is 4.74 Å². The summed E-state index contributed by atoms with van der Waals surface area (Å²) in [6.07, 6.45) is 2.62. The van der Waals surface area contributed by atoms with Crippen molar-refractivity contribution in [2.24, 2.45) is 0 Å². The Kier molecular flexibility index (Phi) is 4.54. The van der Waals surface area contributed by atoms with Gasteiger partial charge in [0.05, 0.1) is 11.7 Å². The number of carbonyl (C=O) groups is 1. The molecular weight excluding hydrogens is 276 g/mol. The Bertz CT molecular complexity index is 611. The van der Waals surface area contributed by atoms with E-state index in [0.29, 0.717) is 18.4 Å². The highest BCUT2D eigenvalue weighted by atomic mass is 16.5. The molecule has 0 spiro atoms. The molecule has 0 amide bonds. The third-order valence-electron chi connectivity index (χ3n) is 4.15. The van der Waals surface area contributed by atoms with Crippen LogP contribution in [0.4, 0.5) is 0 Å². The quantitative estimate of drug-likeness (QED) is 0.876. The summed E-state index contributed by atoms with van der Waals surface area (Å²) in [5, 5.41) is 9.48. The van der Waals surface area contributed by atoms with Gasteiger partial charge in [-0.2, -0.15) is 0 Å². The van der Waals surface area contributed by atoms with Crippen LogP contribution in [0.15, 0.2) is 54.6 Å². The van der Waals surface area contributed by atoms with Gasteiger partial charge in [-0.05, 0) is 48.9 Å². The highest BCUT2D eigenvalue weighted by Crippen LogP contribution is 2.23. The van der Waals surface area contributed by atoms with Crippen molar-refractivity contribution in [3.05, 3.63) is 60.2 Å². The van der Waals surface area contributed by atoms with Crippen LogP contribution in [0, 0.1) is 0 Å². The molecule has 3 heteroatoms. The number of rotatable bonds is 3. The third kappa shape index (κ3) is 3.55. The summed E-state index contributed by atoms with van der Waals surface area (Å²) in [6, 6.07) is 17.6. The lowest BCUT2D eigenvalue weighted by molar-refractivity contribution is 0.00460. The minimum Gasteiger partial charge on any atom is -0.459 e. The fourth-order valence-electron chi connectivity index (χ4n) is 2.81. The Morgan fingerprint density at radius 2 is 1.45 bits per heavy atom. The largest absolute Gasteiger partial charge is 0.459 e. The first-order chi connectivity index (χ1) is 10.7. The maximum absolute atomic E-state index is 12.2. The summed E-state index contributed by atoms with van der Waals surface area (Å²) < 4.78 is 5.52. The highest BCUT2D eigenvalue weighted by molar-refractivity contribution is 5.90. The molecule has 1 aliphatic rings. The predicted molar refractivity (Wildman–Crippen MR) is 85.6 cm³/mol. The van der Waals surface area contributed by atoms with Crippen molar-refractivity contribution >= 4 is 5.97 Å². The first-order valence-electron chi connectivity index (χ1n) is 7.77. The van der Waals surface area contributed by atoms with Crippen LogP contribution in [-0.4, -0.2) is 23.3 Å². The molecule has 0 radical (unpaired) electrons. The van der Waals surface area contributed by atoms with Crippen molar-refractivity contribution < 1.29 is 14.6 Å². The molecule has 0 aliphatic heterocycles. The molecule has 3 nitrogen and oxygen atoms in total. The van der Waals surface area contributed by atoms with Crippen molar-refractivity contribution in [3.8, 4) is 11.1 Å². The van der Waals surface area contributed by atoms with E-state index in [1.54, 1.807) is 0 Å². The molecule has 2 aromatic rings. The van der Waals surface area contributed by atoms with Crippen molar-refractivity contribution in [1.82, 2.24) is 0 Å². The van der Waals surface area contributed by atoms with Gasteiger partial charge >= 0.3 is 5.97 Å². The second-order valence-corrected chi connectivity index (χ2v) is 5.78. The van der Waals surface area contributed by atoms with Gasteiger partial charge in [-0.1, -0.05) is 42.5 Å². The standard InChI is InChI=1S/C19H20O3/c20-17-10-12-18(13-11-17)22-19(21)16-8-6-15(7-9-16)14-4-2-1-3-5-14/h1-9,17-18,20H,10-13H2. The van der Waals surface area contributed by atoms with Crippen LogP contribution in [0.25, 0.3) is 11.1 Å². The summed E-state index contributed by atoms with van der Waals surface area (Å²) >= 11 is 0. The van der Waals surface area contributed by atoms with Gasteiger partial charge in [0.15, 0.2) is 0 Å². The number of ether oxygens (including phenoxy) is 1. The third-order valence-corrected chi connectivity index (χ3v) is 4.15. The Hall–Kier alpha value is -2.13. The predicted octanol–water partition coefficient (Wildman–Crippen LogP) is 3.81. The second-order valence-electron chi connectivity index (χ2n) is 5.78. The zero-order valence-electron chi connectivity index (χ0n) is 12.4. The topological polar surface area (TPSA) is 46.5 Å². The second kappa shape index (κ2) is 6.75. The molecule has 2 aromatic carbocycles. The first kappa shape index (κ1) is 14.8. The lowest BCUT2D eigenvalue weighted by Gasteiger charge is -2.25. The molecule has 114 valence electrons. The molecule has 0 unspecified atom stereocenters. The first-order valence-corrected chi connectivity index (χ1v) is 7.77. The molecule has 22 heavy (non-hydrogen) atoms. The number of carbonyl (C=O) groups excluding carboxylic acids is 1. The van der Waals surface area contributed by atoms with Crippen LogP contribution in [0.5, 0.6) is 0 Å². The van der Waals surface area contributed by atoms with Crippen LogP contribution in [0.2, 0.25) is 0 Å². The Morgan fingerprint density at radius 1 is 0.864 bits per heavy atom. The molecule has 0 bridgehead atoms. The maximum Gasteiger partial charge on any atom is 0.338 e. The SMILES string of the molecule is O=C(OC1CCC(O)CC1)c1ccc(-c2ccccc2)cc1. The molecule has 1 aliphatic carbocycles. The van der Waals surface area contributed by atoms with Crippen LogP contribution < -0.4 is 0 Å². The lowest BCUT2D eigenvalue weighted by Crippen LogP contribution is -2.26. The Morgan fingerprint density at radius 3 is 2.09 bits per heavy atom. The Labute approximate surface area is 130 Å². The Balaban J connectivity index is 1.64. The normalized spacial score (nSPS) is 21.3. The molecule has 1 saturated carbocycles. The number of aliphatic hydroxyl groups is 1. The summed E-state index contributed by atoms with van der Waals surface area (Å²) in [5.41, 5.74) is 2.78. The van der Waals surface area contributed by atoms with E-state index in [9.17, 15) is 9.90 Å². The molecule has 0 saturated heterocycles. The number of hydrogen-bond donors (Lipinski definition) is 1. The van der Waals surface area contributed by atoms with E-state index in [4.69, 9.17) is 4.74 Å². The summed E-state index contributed by atoms with van der Waals surface area (Å²) in [6.45, 7) is 0. The van der Waals surface area contributed by atoms with Crippen molar-refractivity contribution in [3.63, 3.8) is 0 Å². The highest BCUT2D eigenvalue weighted by Gasteiger charge is 2.22. The number of aliphatic hydroxyl groups excluding tert-OH is 1. The molecular formula is C19H20O3. The fraction of sp³-hybridized carbons (Fsp3) is 0.316. The molecule has 3 rings (SSSR count). The molecule has 1 N–H and O–H groups in total. The van der Waals surface area contributed by atoms with E-state index in [1.807, 2.05) is 54.6 Å². The van der Waals surface area contributed by atoms with E-state index < -0.39 is 0 Å². The van der Waals surface area contributed by atoms with Crippen LogP contribution >= 0.6 is 0 Å². The van der Waals surface area contributed by atoms with E-state index in [0.717, 1.165) is 24.0 Å². The summed E-state index contributed by atoms with van der Waals surface area (Å²) in [4.78, 5) is 12.2. The van der Waals surface area contributed by atoms with Gasteiger partial charge in [0.1, 0.15) is 6.10 Å². The molecule has 0 aromatic heterocycles. The van der Waals surface area contributed by atoms with E-state index in [1.165, 1.54) is 0 Å². The van der Waals surface area contributed by atoms with E-state index in [-0.39, 0.29) is 18.2 Å². The zero-order chi connectivity index (χ0) is 15.4. The maximum atomic E-state index is 12.2. The monoisotopic (exact) mass is 296 g/mol. The van der Waals surface area contributed by atoms with E-state index >= 15 is 0 Å². The van der Waals surface area contributed by atoms with Crippen LogP contribution in [0.3, 0.4) is 0 Å². The number of benzene rings is 2. The minimum absolute atomic E-state index is 0.0651. The average molecular weight is 296 g/mol. The lowest BCUT2D eigenvalue weighted by atomic mass is 9.95. The van der Waals surface area contributed by atoms with Crippen LogP contribution in [0.1, 0.15) is 36.0 Å².